The summed E-state index contributed by atoms with van der Waals surface area (Å²) >= 11 is 0. The van der Waals surface area contributed by atoms with Crippen LogP contribution in [0.1, 0.15) is 37.4 Å². The Bertz CT molecular complexity index is 663. The average molecular weight is 330 g/mol. The quantitative estimate of drug-likeness (QED) is 0.876. The second-order valence-corrected chi connectivity index (χ2v) is 5.84. The van der Waals surface area contributed by atoms with Crippen molar-refractivity contribution in [2.24, 2.45) is 0 Å². The first-order valence-corrected chi connectivity index (χ1v) is 8.19. The zero-order valence-corrected chi connectivity index (χ0v) is 13.8. The zero-order valence-electron chi connectivity index (χ0n) is 13.8. The van der Waals surface area contributed by atoms with E-state index in [0.29, 0.717) is 13.2 Å². The van der Waals surface area contributed by atoms with E-state index in [9.17, 15) is 4.79 Å². The molecule has 128 valence electrons. The molecule has 7 heteroatoms. The lowest BCUT2D eigenvalue weighted by molar-refractivity contribution is -0.169. The number of carbonyl (C=O) groups excluding carboxylic acids is 1. The number of hydrogen-bond donors (Lipinski definition) is 1. The lowest BCUT2D eigenvalue weighted by Crippen LogP contribution is -2.22. The van der Waals surface area contributed by atoms with Crippen molar-refractivity contribution in [3.05, 3.63) is 41.7 Å². The fourth-order valence-corrected chi connectivity index (χ4v) is 2.50. The summed E-state index contributed by atoms with van der Waals surface area (Å²) in [6.45, 7) is 3.19. The van der Waals surface area contributed by atoms with E-state index in [-0.39, 0.29) is 12.2 Å². The van der Waals surface area contributed by atoms with Gasteiger partial charge in [0.25, 0.3) is 0 Å². The first-order chi connectivity index (χ1) is 11.7. The SMILES string of the molecule is CC(=O)NCc1ccc(-n2cc(COC3CCCCO3)nn2)cc1. The summed E-state index contributed by atoms with van der Waals surface area (Å²) in [6, 6.07) is 7.80. The van der Waals surface area contributed by atoms with Gasteiger partial charge >= 0.3 is 0 Å². The fourth-order valence-electron chi connectivity index (χ4n) is 2.50. The molecule has 0 bridgehead atoms. The molecular formula is C17H22N4O3. The predicted molar refractivity (Wildman–Crippen MR) is 87.3 cm³/mol. The first kappa shape index (κ1) is 16.6. The fraction of sp³-hybridized carbons (Fsp3) is 0.471. The lowest BCUT2D eigenvalue weighted by Gasteiger charge is -2.22. The second kappa shape index (κ2) is 8.03. The van der Waals surface area contributed by atoms with E-state index in [4.69, 9.17) is 9.47 Å². The molecule has 1 aromatic heterocycles. The van der Waals surface area contributed by atoms with Gasteiger partial charge in [0.2, 0.25) is 5.91 Å². The highest BCUT2D eigenvalue weighted by Crippen LogP contribution is 2.15. The van der Waals surface area contributed by atoms with Gasteiger partial charge in [-0.3, -0.25) is 4.79 Å². The van der Waals surface area contributed by atoms with E-state index < -0.39 is 0 Å². The molecule has 1 aliphatic rings. The van der Waals surface area contributed by atoms with Gasteiger partial charge in [0, 0.05) is 20.1 Å². The third-order valence-electron chi connectivity index (χ3n) is 3.84. The number of nitrogens with zero attached hydrogens (tertiary/aromatic N) is 3. The van der Waals surface area contributed by atoms with Crippen molar-refractivity contribution in [3.63, 3.8) is 0 Å². The predicted octanol–water partition coefficient (Wildman–Crippen LogP) is 1.95. The minimum absolute atomic E-state index is 0.0399. The van der Waals surface area contributed by atoms with Crippen LogP contribution in [0.15, 0.2) is 30.5 Å². The molecule has 2 heterocycles. The summed E-state index contributed by atoms with van der Waals surface area (Å²) in [7, 11) is 0. The molecule has 1 fully saturated rings. The smallest absolute Gasteiger partial charge is 0.217 e. The Morgan fingerprint density at radius 3 is 2.92 bits per heavy atom. The molecule has 1 saturated heterocycles. The van der Waals surface area contributed by atoms with E-state index >= 15 is 0 Å². The van der Waals surface area contributed by atoms with Crippen LogP contribution in [0.3, 0.4) is 0 Å². The van der Waals surface area contributed by atoms with Crippen molar-refractivity contribution in [1.29, 1.82) is 0 Å². The van der Waals surface area contributed by atoms with Crippen molar-refractivity contribution in [2.75, 3.05) is 6.61 Å². The maximum atomic E-state index is 10.9. The number of hydrogen-bond acceptors (Lipinski definition) is 5. The Morgan fingerprint density at radius 2 is 2.21 bits per heavy atom. The molecule has 0 aliphatic carbocycles. The Hall–Kier alpha value is -2.25. The third-order valence-corrected chi connectivity index (χ3v) is 3.84. The molecule has 24 heavy (non-hydrogen) atoms. The summed E-state index contributed by atoms with van der Waals surface area (Å²) in [4.78, 5) is 10.9. The second-order valence-electron chi connectivity index (χ2n) is 5.84. The normalized spacial score (nSPS) is 17.6. The van der Waals surface area contributed by atoms with Crippen molar-refractivity contribution in [1.82, 2.24) is 20.3 Å². The summed E-state index contributed by atoms with van der Waals surface area (Å²) in [5.74, 6) is -0.0399. The standard InChI is InChI=1S/C17H22N4O3/c1-13(22)18-10-14-5-7-16(8-6-14)21-11-15(19-20-21)12-24-17-4-2-3-9-23-17/h5-8,11,17H,2-4,9-10,12H2,1H3,(H,18,22). The molecule has 0 radical (unpaired) electrons. The molecule has 1 aliphatic heterocycles. The molecule has 3 rings (SSSR count). The molecule has 1 aromatic carbocycles. The molecule has 1 atom stereocenters. The Kier molecular flexibility index (Phi) is 5.55. The number of carbonyl (C=O) groups is 1. The van der Waals surface area contributed by atoms with Crippen LogP contribution in [0.2, 0.25) is 0 Å². The van der Waals surface area contributed by atoms with E-state index in [0.717, 1.165) is 42.8 Å². The van der Waals surface area contributed by atoms with Gasteiger partial charge < -0.3 is 14.8 Å². The van der Waals surface area contributed by atoms with Crippen LogP contribution in [0.5, 0.6) is 0 Å². The van der Waals surface area contributed by atoms with E-state index in [1.807, 2.05) is 30.5 Å². The summed E-state index contributed by atoms with van der Waals surface area (Å²) < 4.78 is 13.0. The highest BCUT2D eigenvalue weighted by Gasteiger charge is 2.15. The van der Waals surface area contributed by atoms with Gasteiger partial charge in [-0.1, -0.05) is 17.3 Å². The van der Waals surface area contributed by atoms with E-state index in [1.54, 1.807) is 4.68 Å². The minimum Gasteiger partial charge on any atom is -0.353 e. The number of rotatable bonds is 6. The van der Waals surface area contributed by atoms with Gasteiger partial charge in [0.15, 0.2) is 6.29 Å². The monoisotopic (exact) mass is 330 g/mol. The van der Waals surface area contributed by atoms with Gasteiger partial charge in [-0.15, -0.1) is 5.10 Å². The van der Waals surface area contributed by atoms with Crippen molar-refractivity contribution < 1.29 is 14.3 Å². The number of amides is 1. The Morgan fingerprint density at radius 1 is 1.38 bits per heavy atom. The zero-order chi connectivity index (χ0) is 16.8. The molecule has 1 amide bonds. The highest BCUT2D eigenvalue weighted by atomic mass is 16.7. The van der Waals surface area contributed by atoms with Crippen LogP contribution in [0.25, 0.3) is 5.69 Å². The van der Waals surface area contributed by atoms with Crippen molar-refractivity contribution in [2.45, 2.75) is 45.6 Å². The summed E-state index contributed by atoms with van der Waals surface area (Å²) in [5, 5.41) is 11.0. The maximum Gasteiger partial charge on any atom is 0.217 e. The number of benzene rings is 1. The largest absolute Gasteiger partial charge is 0.353 e. The van der Waals surface area contributed by atoms with E-state index in [2.05, 4.69) is 15.6 Å². The molecule has 7 nitrogen and oxygen atoms in total. The van der Waals surface area contributed by atoms with Crippen molar-refractivity contribution in [3.8, 4) is 5.69 Å². The number of aromatic nitrogens is 3. The van der Waals surface area contributed by atoms with Gasteiger partial charge in [0.05, 0.1) is 18.5 Å². The van der Waals surface area contributed by atoms with Crippen LogP contribution in [-0.2, 0) is 27.4 Å². The lowest BCUT2D eigenvalue weighted by atomic mass is 10.2. The van der Waals surface area contributed by atoms with Gasteiger partial charge in [-0.25, -0.2) is 4.68 Å². The Balaban J connectivity index is 1.55. The van der Waals surface area contributed by atoms with Gasteiger partial charge in [0.1, 0.15) is 5.69 Å². The summed E-state index contributed by atoms with van der Waals surface area (Å²) in [6.07, 6.45) is 4.91. The van der Waals surface area contributed by atoms with Gasteiger partial charge in [-0.05, 0) is 37.0 Å². The maximum absolute atomic E-state index is 10.9. The number of nitrogens with one attached hydrogen (secondary N) is 1. The molecule has 0 saturated carbocycles. The number of ether oxygens (including phenoxy) is 2. The van der Waals surface area contributed by atoms with Crippen LogP contribution in [0.4, 0.5) is 0 Å². The summed E-state index contributed by atoms with van der Waals surface area (Å²) in [5.41, 5.74) is 2.72. The molecule has 2 aromatic rings. The molecule has 0 spiro atoms. The third kappa shape index (κ3) is 4.62. The van der Waals surface area contributed by atoms with E-state index in [1.165, 1.54) is 6.92 Å². The van der Waals surface area contributed by atoms with Crippen LogP contribution in [-0.4, -0.2) is 33.8 Å². The topological polar surface area (TPSA) is 78.3 Å². The highest BCUT2D eigenvalue weighted by molar-refractivity contribution is 5.72. The van der Waals surface area contributed by atoms with Crippen molar-refractivity contribution >= 4 is 5.91 Å². The molecular weight excluding hydrogens is 308 g/mol. The Labute approximate surface area is 141 Å². The first-order valence-electron chi connectivity index (χ1n) is 8.19. The molecule has 1 N–H and O–H groups in total. The average Bonchev–Trinajstić information content (AvgIpc) is 3.08. The van der Waals surface area contributed by atoms with Crippen LogP contribution >= 0.6 is 0 Å². The molecule has 1 unspecified atom stereocenters. The van der Waals surface area contributed by atoms with Gasteiger partial charge in [-0.2, -0.15) is 0 Å². The minimum atomic E-state index is -0.128. The van der Waals surface area contributed by atoms with Crippen LogP contribution in [0, 0.1) is 0 Å². The van der Waals surface area contributed by atoms with Crippen LogP contribution < -0.4 is 5.32 Å².